The van der Waals surface area contributed by atoms with Gasteiger partial charge in [0.1, 0.15) is 17.2 Å². The van der Waals surface area contributed by atoms with Crippen molar-refractivity contribution in [3.63, 3.8) is 0 Å². The molecule has 0 spiro atoms. The van der Waals surface area contributed by atoms with Gasteiger partial charge in [0.05, 0.1) is 17.5 Å². The van der Waals surface area contributed by atoms with Crippen LogP contribution >= 0.6 is 11.6 Å². The fourth-order valence-electron chi connectivity index (χ4n) is 1.65. The molecule has 0 atom stereocenters. The molecule has 0 saturated heterocycles. The first-order chi connectivity index (χ1) is 7.75. The quantitative estimate of drug-likeness (QED) is 0.703. The van der Waals surface area contributed by atoms with Crippen LogP contribution in [0, 0.1) is 0 Å². The molecule has 5 heteroatoms. The number of aromatic nitrogens is 2. The van der Waals surface area contributed by atoms with Gasteiger partial charge in [0.25, 0.3) is 0 Å². The number of fused-ring (bicyclic) bond motifs is 1. The number of halogens is 1. The van der Waals surface area contributed by atoms with Crippen LogP contribution in [0.4, 0.5) is 5.82 Å². The minimum Gasteiger partial charge on any atom is -0.472 e. The van der Waals surface area contributed by atoms with Crippen molar-refractivity contribution < 1.29 is 4.42 Å². The maximum absolute atomic E-state index is 6.00. The summed E-state index contributed by atoms with van der Waals surface area (Å²) < 4.78 is 6.77. The molecule has 0 amide bonds. The molecule has 3 aromatic rings. The maximum atomic E-state index is 6.00. The van der Waals surface area contributed by atoms with Crippen molar-refractivity contribution >= 4 is 23.1 Å². The summed E-state index contributed by atoms with van der Waals surface area (Å²) in [4.78, 5) is 4.42. The molecule has 0 saturated carbocycles. The van der Waals surface area contributed by atoms with Crippen LogP contribution in [-0.2, 0) is 0 Å². The Morgan fingerprint density at radius 2 is 2.19 bits per heavy atom. The van der Waals surface area contributed by atoms with Crippen molar-refractivity contribution in [2.24, 2.45) is 0 Å². The molecule has 3 rings (SSSR count). The predicted octanol–water partition coefficient (Wildman–Crippen LogP) is 2.83. The molecule has 3 heterocycles. The van der Waals surface area contributed by atoms with E-state index in [1.165, 1.54) is 0 Å². The average molecular weight is 234 g/mol. The second-order valence-electron chi connectivity index (χ2n) is 3.43. The van der Waals surface area contributed by atoms with E-state index in [1.807, 2.05) is 12.1 Å². The van der Waals surface area contributed by atoms with Gasteiger partial charge in [-0.3, -0.25) is 4.40 Å². The van der Waals surface area contributed by atoms with Gasteiger partial charge < -0.3 is 10.2 Å². The summed E-state index contributed by atoms with van der Waals surface area (Å²) in [6, 6.07) is 5.42. The van der Waals surface area contributed by atoms with E-state index in [2.05, 4.69) is 4.98 Å². The van der Waals surface area contributed by atoms with E-state index in [1.54, 1.807) is 29.2 Å². The van der Waals surface area contributed by atoms with E-state index in [0.717, 1.165) is 11.2 Å². The fraction of sp³-hybridized carbons (Fsp3) is 0. The van der Waals surface area contributed by atoms with E-state index in [4.69, 9.17) is 21.8 Å². The van der Waals surface area contributed by atoms with Crippen molar-refractivity contribution in [2.45, 2.75) is 0 Å². The lowest BCUT2D eigenvalue weighted by Gasteiger charge is -1.96. The van der Waals surface area contributed by atoms with E-state index in [0.29, 0.717) is 16.5 Å². The molecule has 16 heavy (non-hydrogen) atoms. The molecule has 0 aliphatic heterocycles. The van der Waals surface area contributed by atoms with Gasteiger partial charge in [-0.2, -0.15) is 0 Å². The summed E-state index contributed by atoms with van der Waals surface area (Å²) in [5.74, 6) is 0.555. The summed E-state index contributed by atoms with van der Waals surface area (Å²) in [5.41, 5.74) is 8.32. The summed E-state index contributed by atoms with van der Waals surface area (Å²) >= 11 is 5.90. The highest BCUT2D eigenvalue weighted by atomic mass is 35.5. The summed E-state index contributed by atoms with van der Waals surface area (Å²) in [5, 5.41) is 0.621. The SMILES string of the molecule is Nc1c(-c2ccoc2)nc2ccc(Cl)cn12. The zero-order chi connectivity index (χ0) is 11.1. The predicted molar refractivity (Wildman–Crippen MR) is 62.3 cm³/mol. The normalized spacial score (nSPS) is 11.1. The van der Waals surface area contributed by atoms with Gasteiger partial charge in [-0.25, -0.2) is 4.98 Å². The lowest BCUT2D eigenvalue weighted by Crippen LogP contribution is -1.93. The van der Waals surface area contributed by atoms with E-state index in [9.17, 15) is 0 Å². The second kappa shape index (κ2) is 3.28. The third-order valence-electron chi connectivity index (χ3n) is 2.41. The van der Waals surface area contributed by atoms with Crippen molar-refractivity contribution in [3.8, 4) is 11.3 Å². The van der Waals surface area contributed by atoms with Crippen LogP contribution in [0.25, 0.3) is 16.9 Å². The minimum absolute atomic E-state index is 0.555. The molecule has 3 aromatic heterocycles. The third kappa shape index (κ3) is 1.27. The summed E-state index contributed by atoms with van der Waals surface area (Å²) in [6.45, 7) is 0. The Bertz CT molecular complexity index is 643. The van der Waals surface area contributed by atoms with E-state index >= 15 is 0 Å². The maximum Gasteiger partial charge on any atom is 0.139 e. The number of hydrogen-bond donors (Lipinski definition) is 1. The largest absolute Gasteiger partial charge is 0.472 e. The molecular formula is C11H8ClN3O. The molecule has 0 aliphatic rings. The topological polar surface area (TPSA) is 56.5 Å². The first-order valence-corrected chi connectivity index (χ1v) is 5.09. The van der Waals surface area contributed by atoms with Crippen LogP contribution in [0.2, 0.25) is 5.02 Å². The highest BCUT2D eigenvalue weighted by molar-refractivity contribution is 6.30. The standard InChI is InChI=1S/C11H8ClN3O/c12-8-1-2-9-14-10(7-3-4-16-6-7)11(13)15(9)5-8/h1-6H,13H2. The first-order valence-electron chi connectivity index (χ1n) is 4.71. The summed E-state index contributed by atoms with van der Waals surface area (Å²) in [6.07, 6.45) is 4.94. The Hall–Kier alpha value is -1.94. The zero-order valence-corrected chi connectivity index (χ0v) is 8.98. The first kappa shape index (κ1) is 9.30. The second-order valence-corrected chi connectivity index (χ2v) is 3.87. The van der Waals surface area contributed by atoms with Gasteiger partial charge >= 0.3 is 0 Å². The van der Waals surface area contributed by atoms with Gasteiger partial charge in [0.2, 0.25) is 0 Å². The lowest BCUT2D eigenvalue weighted by atomic mass is 10.2. The van der Waals surface area contributed by atoms with Crippen LogP contribution in [0.15, 0.2) is 41.3 Å². The van der Waals surface area contributed by atoms with Gasteiger partial charge in [-0.15, -0.1) is 0 Å². The molecule has 0 unspecified atom stereocenters. The van der Waals surface area contributed by atoms with Gasteiger partial charge in [-0.1, -0.05) is 11.6 Å². The molecule has 0 aliphatic carbocycles. The monoisotopic (exact) mass is 233 g/mol. The number of anilines is 1. The third-order valence-corrected chi connectivity index (χ3v) is 2.64. The van der Waals surface area contributed by atoms with Crippen LogP contribution in [-0.4, -0.2) is 9.38 Å². The van der Waals surface area contributed by atoms with Gasteiger partial charge in [-0.05, 0) is 18.2 Å². The average Bonchev–Trinajstić information content (AvgIpc) is 2.87. The number of hydrogen-bond acceptors (Lipinski definition) is 3. The Kier molecular flexibility index (Phi) is 1.91. The molecule has 0 radical (unpaired) electrons. The van der Waals surface area contributed by atoms with Crippen molar-refractivity contribution in [2.75, 3.05) is 5.73 Å². The highest BCUT2D eigenvalue weighted by Crippen LogP contribution is 2.27. The smallest absolute Gasteiger partial charge is 0.139 e. The van der Waals surface area contributed by atoms with Crippen LogP contribution in [0.5, 0.6) is 0 Å². The number of nitrogen functional groups attached to an aromatic ring is 1. The number of furan rings is 1. The highest BCUT2D eigenvalue weighted by Gasteiger charge is 2.11. The summed E-state index contributed by atoms with van der Waals surface area (Å²) in [7, 11) is 0. The van der Waals surface area contributed by atoms with Crippen molar-refractivity contribution in [3.05, 3.63) is 41.9 Å². The fourth-order valence-corrected chi connectivity index (χ4v) is 1.81. The van der Waals surface area contributed by atoms with E-state index < -0.39 is 0 Å². The number of nitrogens with two attached hydrogens (primary N) is 1. The lowest BCUT2D eigenvalue weighted by molar-refractivity contribution is 0.568. The molecular weight excluding hydrogens is 226 g/mol. The molecule has 0 aromatic carbocycles. The number of nitrogens with zero attached hydrogens (tertiary/aromatic N) is 2. The number of imidazole rings is 1. The van der Waals surface area contributed by atoms with Crippen molar-refractivity contribution in [1.29, 1.82) is 0 Å². The molecule has 80 valence electrons. The van der Waals surface area contributed by atoms with Crippen LogP contribution in [0.1, 0.15) is 0 Å². The Morgan fingerprint density at radius 1 is 1.31 bits per heavy atom. The Balaban J connectivity index is 2.32. The molecule has 0 bridgehead atoms. The van der Waals surface area contributed by atoms with Gasteiger partial charge in [0.15, 0.2) is 0 Å². The van der Waals surface area contributed by atoms with Crippen molar-refractivity contribution in [1.82, 2.24) is 9.38 Å². The number of rotatable bonds is 1. The molecule has 4 nitrogen and oxygen atoms in total. The van der Waals surface area contributed by atoms with Crippen LogP contribution in [0.3, 0.4) is 0 Å². The van der Waals surface area contributed by atoms with Gasteiger partial charge in [0, 0.05) is 11.8 Å². The minimum atomic E-state index is 0.555. The molecule has 0 fully saturated rings. The van der Waals surface area contributed by atoms with Crippen LogP contribution < -0.4 is 5.73 Å². The number of pyridine rings is 1. The Morgan fingerprint density at radius 3 is 2.94 bits per heavy atom. The van der Waals surface area contributed by atoms with E-state index in [-0.39, 0.29) is 0 Å². The Labute approximate surface area is 96.3 Å². The zero-order valence-electron chi connectivity index (χ0n) is 8.22. The molecule has 2 N–H and O–H groups in total.